The number of fused-ring (bicyclic) bond motifs is 3. The van der Waals surface area contributed by atoms with Crippen molar-refractivity contribution in [2.45, 2.75) is 38.0 Å². The van der Waals surface area contributed by atoms with Gasteiger partial charge in [0, 0.05) is 12.5 Å². The molecule has 0 aliphatic heterocycles. The zero-order valence-corrected chi connectivity index (χ0v) is 11.1. The van der Waals surface area contributed by atoms with E-state index in [-0.39, 0.29) is 0 Å². The van der Waals surface area contributed by atoms with Gasteiger partial charge in [0.05, 0.1) is 0 Å². The van der Waals surface area contributed by atoms with E-state index >= 15 is 0 Å². The summed E-state index contributed by atoms with van der Waals surface area (Å²) < 4.78 is 0. The van der Waals surface area contributed by atoms with Gasteiger partial charge in [-0.15, -0.1) is 0 Å². The van der Waals surface area contributed by atoms with E-state index in [1.165, 1.54) is 38.8 Å². The molecule has 1 nitrogen and oxygen atoms in total. The van der Waals surface area contributed by atoms with Crippen LogP contribution in [0, 0.1) is 17.8 Å². The quantitative estimate of drug-likeness (QED) is 0.852. The minimum Gasteiger partial charge on any atom is -0.316 e. The smallest absolute Gasteiger partial charge is 0.00235 e. The minimum atomic E-state index is 0.791. The van der Waals surface area contributed by atoms with Crippen LogP contribution < -0.4 is 5.32 Å². The Labute approximate surface area is 110 Å². The summed E-state index contributed by atoms with van der Waals surface area (Å²) in [6.07, 6.45) is 7.39. The second-order valence-corrected chi connectivity index (χ2v) is 6.69. The van der Waals surface area contributed by atoms with Gasteiger partial charge in [0.25, 0.3) is 0 Å². The van der Waals surface area contributed by atoms with E-state index < -0.39 is 0 Å². The van der Waals surface area contributed by atoms with E-state index in [1.807, 2.05) is 0 Å². The molecule has 3 aliphatic carbocycles. The molecule has 1 heteroatoms. The number of hydrogen-bond donors (Lipinski definition) is 1. The van der Waals surface area contributed by atoms with Gasteiger partial charge in [-0.05, 0) is 61.1 Å². The average Bonchev–Trinajstić information content (AvgIpc) is 2.97. The standard InChI is InChI=1S/C17H23N/c1-2-4-17-14(3-1)9-16(17)11-18-10-15-8-12-5-6-13(15)7-12/h1-4,12-13,15-16,18H,5-11H2. The normalized spacial score (nSPS) is 36.4. The third kappa shape index (κ3) is 1.80. The van der Waals surface area contributed by atoms with Gasteiger partial charge in [-0.1, -0.05) is 30.7 Å². The molecular weight excluding hydrogens is 218 g/mol. The summed E-state index contributed by atoms with van der Waals surface area (Å²) in [4.78, 5) is 0. The Balaban J connectivity index is 1.26. The van der Waals surface area contributed by atoms with Crippen molar-refractivity contribution in [2.24, 2.45) is 17.8 Å². The van der Waals surface area contributed by atoms with Crippen LogP contribution in [0.25, 0.3) is 0 Å². The molecule has 96 valence electrons. The molecule has 1 N–H and O–H groups in total. The summed E-state index contributed by atoms with van der Waals surface area (Å²) in [5.74, 6) is 3.95. The Morgan fingerprint density at radius 3 is 2.78 bits per heavy atom. The van der Waals surface area contributed by atoms with Crippen LogP contribution >= 0.6 is 0 Å². The zero-order valence-electron chi connectivity index (χ0n) is 11.1. The molecule has 2 saturated carbocycles. The number of benzene rings is 1. The largest absolute Gasteiger partial charge is 0.316 e. The molecule has 2 bridgehead atoms. The Kier molecular flexibility index (Phi) is 2.69. The van der Waals surface area contributed by atoms with Crippen molar-refractivity contribution in [3.63, 3.8) is 0 Å². The van der Waals surface area contributed by atoms with E-state index in [0.717, 1.165) is 23.7 Å². The van der Waals surface area contributed by atoms with Crippen LogP contribution in [-0.2, 0) is 6.42 Å². The molecule has 4 rings (SSSR count). The first-order chi connectivity index (χ1) is 8.90. The SMILES string of the molecule is c1ccc2c(c1)CC2CNCC1CC2CCC1C2. The maximum absolute atomic E-state index is 3.76. The van der Waals surface area contributed by atoms with Crippen molar-refractivity contribution >= 4 is 0 Å². The number of rotatable bonds is 4. The van der Waals surface area contributed by atoms with Gasteiger partial charge in [0.15, 0.2) is 0 Å². The third-order valence-corrected chi connectivity index (χ3v) is 5.64. The van der Waals surface area contributed by atoms with Crippen LogP contribution in [0.15, 0.2) is 24.3 Å². The summed E-state index contributed by atoms with van der Waals surface area (Å²) in [6, 6.07) is 8.93. The highest BCUT2D eigenvalue weighted by Crippen LogP contribution is 2.48. The maximum atomic E-state index is 3.76. The highest BCUT2D eigenvalue weighted by atomic mass is 14.9. The molecule has 3 aliphatic rings. The fourth-order valence-electron chi connectivity index (χ4n) is 4.61. The molecule has 1 aromatic rings. The highest BCUT2D eigenvalue weighted by Gasteiger charge is 2.39. The summed E-state index contributed by atoms with van der Waals surface area (Å²) in [5, 5.41) is 3.76. The predicted molar refractivity (Wildman–Crippen MR) is 74.7 cm³/mol. The maximum Gasteiger partial charge on any atom is 0.00235 e. The first-order valence-corrected chi connectivity index (χ1v) is 7.68. The fourth-order valence-corrected chi connectivity index (χ4v) is 4.61. The molecule has 0 aromatic heterocycles. The van der Waals surface area contributed by atoms with Crippen molar-refractivity contribution in [3.8, 4) is 0 Å². The van der Waals surface area contributed by atoms with Crippen LogP contribution in [0.2, 0.25) is 0 Å². The lowest BCUT2D eigenvalue weighted by molar-refractivity contribution is 0.315. The van der Waals surface area contributed by atoms with Gasteiger partial charge in [0.2, 0.25) is 0 Å². The van der Waals surface area contributed by atoms with E-state index in [9.17, 15) is 0 Å². The average molecular weight is 241 g/mol. The van der Waals surface area contributed by atoms with Gasteiger partial charge in [0.1, 0.15) is 0 Å². The summed E-state index contributed by atoms with van der Waals surface area (Å²) in [6.45, 7) is 2.48. The first kappa shape index (κ1) is 11.0. The van der Waals surface area contributed by atoms with Crippen LogP contribution in [0.4, 0.5) is 0 Å². The first-order valence-electron chi connectivity index (χ1n) is 7.68. The molecule has 0 spiro atoms. The molecular formula is C17H23N. The van der Waals surface area contributed by atoms with Crippen LogP contribution in [-0.4, -0.2) is 13.1 Å². The lowest BCUT2D eigenvalue weighted by Crippen LogP contribution is -2.33. The van der Waals surface area contributed by atoms with Crippen molar-refractivity contribution in [2.75, 3.05) is 13.1 Å². The van der Waals surface area contributed by atoms with Crippen molar-refractivity contribution in [1.29, 1.82) is 0 Å². The second kappa shape index (κ2) is 4.38. The van der Waals surface area contributed by atoms with E-state index in [2.05, 4.69) is 29.6 Å². The Hall–Kier alpha value is -0.820. The molecule has 0 saturated heterocycles. The Morgan fingerprint density at radius 2 is 2.00 bits per heavy atom. The molecule has 0 amide bonds. The topological polar surface area (TPSA) is 12.0 Å². The monoisotopic (exact) mass is 241 g/mol. The molecule has 18 heavy (non-hydrogen) atoms. The van der Waals surface area contributed by atoms with Gasteiger partial charge < -0.3 is 5.32 Å². The molecule has 0 heterocycles. The predicted octanol–water partition coefficient (Wildman–Crippen LogP) is 3.35. The van der Waals surface area contributed by atoms with Crippen LogP contribution in [0.3, 0.4) is 0 Å². The summed E-state index contributed by atoms with van der Waals surface area (Å²) in [5.41, 5.74) is 3.17. The molecule has 1 aromatic carbocycles. The lowest BCUT2D eigenvalue weighted by Gasteiger charge is -2.31. The minimum absolute atomic E-state index is 0.791. The van der Waals surface area contributed by atoms with E-state index in [0.29, 0.717) is 0 Å². The zero-order chi connectivity index (χ0) is 11.9. The van der Waals surface area contributed by atoms with Gasteiger partial charge in [-0.2, -0.15) is 0 Å². The molecule has 4 atom stereocenters. The van der Waals surface area contributed by atoms with E-state index in [4.69, 9.17) is 0 Å². The van der Waals surface area contributed by atoms with Crippen LogP contribution in [0.5, 0.6) is 0 Å². The third-order valence-electron chi connectivity index (χ3n) is 5.64. The fraction of sp³-hybridized carbons (Fsp3) is 0.647. The Morgan fingerprint density at radius 1 is 1.06 bits per heavy atom. The summed E-state index contributed by atoms with van der Waals surface area (Å²) >= 11 is 0. The number of hydrogen-bond acceptors (Lipinski definition) is 1. The van der Waals surface area contributed by atoms with Crippen molar-refractivity contribution in [3.05, 3.63) is 35.4 Å². The van der Waals surface area contributed by atoms with Gasteiger partial charge in [-0.3, -0.25) is 0 Å². The summed E-state index contributed by atoms with van der Waals surface area (Å²) in [7, 11) is 0. The number of nitrogens with one attached hydrogen (secondary N) is 1. The van der Waals surface area contributed by atoms with E-state index in [1.54, 1.807) is 17.5 Å². The van der Waals surface area contributed by atoms with Gasteiger partial charge in [-0.25, -0.2) is 0 Å². The molecule has 4 unspecified atom stereocenters. The molecule has 0 radical (unpaired) electrons. The highest BCUT2D eigenvalue weighted by molar-refractivity contribution is 5.40. The van der Waals surface area contributed by atoms with Gasteiger partial charge >= 0.3 is 0 Å². The Bertz CT molecular complexity index is 439. The van der Waals surface area contributed by atoms with Crippen molar-refractivity contribution < 1.29 is 0 Å². The second-order valence-electron chi connectivity index (χ2n) is 6.69. The van der Waals surface area contributed by atoms with Crippen molar-refractivity contribution in [1.82, 2.24) is 5.32 Å². The lowest BCUT2D eigenvalue weighted by atomic mass is 9.77. The van der Waals surface area contributed by atoms with Crippen LogP contribution in [0.1, 0.15) is 42.7 Å². The molecule has 2 fully saturated rings.